The molecule has 1 spiro atoms. The predicted molar refractivity (Wildman–Crippen MR) is 108 cm³/mol. The highest BCUT2D eigenvalue weighted by molar-refractivity contribution is 5.86. The average molecular weight is 394 g/mol. The standard InChI is InChI=1S/C23H26N2O4/c26-21(15-18-7-3-1-4-8-18)25-20(22(27)28)17-29-23(25)11-13-24(14-12-23)16-19-9-5-2-6-10-19/h1-10,20H,11-17H2,(H,27,28). The zero-order chi connectivity index (χ0) is 20.3. The summed E-state index contributed by atoms with van der Waals surface area (Å²) >= 11 is 0. The number of likely N-dealkylation sites (tertiary alicyclic amines) is 1. The SMILES string of the molecule is O=C(O)C1COC2(CCN(Cc3ccccc3)CC2)N1C(=O)Cc1ccccc1. The molecule has 1 atom stereocenters. The van der Waals surface area contributed by atoms with Crippen molar-refractivity contribution in [3.8, 4) is 0 Å². The van der Waals surface area contributed by atoms with Gasteiger partial charge in [0, 0.05) is 32.5 Å². The summed E-state index contributed by atoms with van der Waals surface area (Å²) in [5, 5.41) is 9.68. The summed E-state index contributed by atoms with van der Waals surface area (Å²) < 4.78 is 6.02. The molecule has 4 rings (SSSR count). The van der Waals surface area contributed by atoms with Crippen LogP contribution in [0.4, 0.5) is 0 Å². The van der Waals surface area contributed by atoms with Crippen molar-refractivity contribution in [3.05, 3.63) is 71.8 Å². The number of piperidine rings is 1. The molecular weight excluding hydrogens is 368 g/mol. The van der Waals surface area contributed by atoms with Gasteiger partial charge in [0.15, 0.2) is 6.04 Å². The molecule has 29 heavy (non-hydrogen) atoms. The topological polar surface area (TPSA) is 70.1 Å². The minimum atomic E-state index is -1.00. The van der Waals surface area contributed by atoms with Gasteiger partial charge in [-0.2, -0.15) is 0 Å². The first-order chi connectivity index (χ1) is 14.1. The van der Waals surface area contributed by atoms with Crippen molar-refractivity contribution in [2.24, 2.45) is 0 Å². The van der Waals surface area contributed by atoms with Gasteiger partial charge >= 0.3 is 5.97 Å². The fourth-order valence-corrected chi connectivity index (χ4v) is 4.39. The molecule has 1 N–H and O–H groups in total. The Morgan fingerprint density at radius 2 is 1.55 bits per heavy atom. The summed E-state index contributed by atoms with van der Waals surface area (Å²) in [7, 11) is 0. The molecule has 0 aliphatic carbocycles. The number of hydrogen-bond donors (Lipinski definition) is 1. The Bertz CT molecular complexity index is 848. The van der Waals surface area contributed by atoms with E-state index in [-0.39, 0.29) is 18.9 Å². The van der Waals surface area contributed by atoms with E-state index in [9.17, 15) is 14.7 Å². The Balaban J connectivity index is 1.48. The van der Waals surface area contributed by atoms with Crippen LogP contribution in [0.3, 0.4) is 0 Å². The van der Waals surface area contributed by atoms with Gasteiger partial charge in [0.25, 0.3) is 0 Å². The Hall–Kier alpha value is -2.70. The van der Waals surface area contributed by atoms with E-state index in [4.69, 9.17) is 4.74 Å². The number of rotatable bonds is 5. The van der Waals surface area contributed by atoms with Crippen molar-refractivity contribution in [2.75, 3.05) is 19.7 Å². The molecule has 0 aromatic heterocycles. The minimum Gasteiger partial charge on any atom is -0.480 e. The van der Waals surface area contributed by atoms with Gasteiger partial charge in [-0.05, 0) is 11.1 Å². The van der Waals surface area contributed by atoms with Gasteiger partial charge in [-0.3, -0.25) is 14.6 Å². The van der Waals surface area contributed by atoms with E-state index >= 15 is 0 Å². The third-order valence-electron chi connectivity index (χ3n) is 5.90. The highest BCUT2D eigenvalue weighted by atomic mass is 16.5. The fourth-order valence-electron chi connectivity index (χ4n) is 4.39. The van der Waals surface area contributed by atoms with Gasteiger partial charge in [-0.1, -0.05) is 60.7 Å². The lowest BCUT2D eigenvalue weighted by atomic mass is 9.96. The van der Waals surface area contributed by atoms with E-state index in [1.165, 1.54) is 10.5 Å². The number of carbonyl (C=O) groups is 2. The molecule has 0 bridgehead atoms. The van der Waals surface area contributed by atoms with E-state index in [2.05, 4.69) is 17.0 Å². The van der Waals surface area contributed by atoms with Crippen molar-refractivity contribution in [2.45, 2.75) is 37.6 Å². The number of ether oxygens (including phenoxy) is 1. The lowest BCUT2D eigenvalue weighted by Crippen LogP contribution is -2.58. The van der Waals surface area contributed by atoms with Gasteiger partial charge in [0.05, 0.1) is 13.0 Å². The molecule has 6 nitrogen and oxygen atoms in total. The number of amides is 1. The molecule has 152 valence electrons. The molecule has 1 unspecified atom stereocenters. The molecule has 2 aliphatic heterocycles. The van der Waals surface area contributed by atoms with Crippen LogP contribution in [0.15, 0.2) is 60.7 Å². The molecule has 2 heterocycles. The smallest absolute Gasteiger partial charge is 0.328 e. The molecule has 2 saturated heterocycles. The van der Waals surface area contributed by atoms with Crippen LogP contribution in [0, 0.1) is 0 Å². The molecule has 6 heteroatoms. The quantitative estimate of drug-likeness (QED) is 0.844. The lowest BCUT2D eigenvalue weighted by Gasteiger charge is -2.44. The van der Waals surface area contributed by atoms with Crippen molar-refractivity contribution < 1.29 is 19.4 Å². The summed E-state index contributed by atoms with van der Waals surface area (Å²) in [6.45, 7) is 2.42. The molecule has 2 fully saturated rings. The molecule has 2 aromatic rings. The summed E-state index contributed by atoms with van der Waals surface area (Å²) in [5.74, 6) is -1.19. The molecule has 2 aromatic carbocycles. The number of aliphatic carboxylic acids is 1. The van der Waals surface area contributed by atoms with Gasteiger partial charge in [0.1, 0.15) is 5.72 Å². The van der Waals surface area contributed by atoms with Crippen molar-refractivity contribution >= 4 is 11.9 Å². The van der Waals surface area contributed by atoms with Crippen LogP contribution in [-0.4, -0.2) is 58.2 Å². The Kier molecular flexibility index (Phi) is 5.65. The van der Waals surface area contributed by atoms with Gasteiger partial charge < -0.3 is 9.84 Å². The van der Waals surface area contributed by atoms with Crippen molar-refractivity contribution in [1.29, 1.82) is 0 Å². The highest BCUT2D eigenvalue weighted by Gasteiger charge is 2.53. The Morgan fingerprint density at radius 3 is 2.14 bits per heavy atom. The van der Waals surface area contributed by atoms with Gasteiger partial charge in [-0.25, -0.2) is 4.79 Å². The monoisotopic (exact) mass is 394 g/mol. The second-order valence-electron chi connectivity index (χ2n) is 7.80. The second kappa shape index (κ2) is 8.35. The van der Waals surface area contributed by atoms with Crippen molar-refractivity contribution in [1.82, 2.24) is 9.80 Å². The zero-order valence-electron chi connectivity index (χ0n) is 16.4. The van der Waals surface area contributed by atoms with E-state index in [0.29, 0.717) is 12.8 Å². The number of carboxylic acids is 1. The summed E-state index contributed by atoms with van der Waals surface area (Å²) in [6.07, 6.45) is 1.41. The normalized spacial score (nSPS) is 21.4. The highest BCUT2D eigenvalue weighted by Crippen LogP contribution is 2.38. The minimum absolute atomic E-state index is 0.0501. The predicted octanol–water partition coefficient (Wildman–Crippen LogP) is 2.53. The van der Waals surface area contributed by atoms with E-state index in [0.717, 1.165) is 25.2 Å². The number of carbonyl (C=O) groups excluding carboxylic acids is 1. The van der Waals surface area contributed by atoms with Crippen LogP contribution < -0.4 is 0 Å². The maximum absolute atomic E-state index is 13.1. The third-order valence-corrected chi connectivity index (χ3v) is 5.90. The first kappa shape index (κ1) is 19.6. The van der Waals surface area contributed by atoms with E-state index in [1.807, 2.05) is 48.5 Å². The molecule has 1 amide bonds. The van der Waals surface area contributed by atoms with Crippen LogP contribution in [0.5, 0.6) is 0 Å². The number of carboxylic acid groups (broad SMARTS) is 1. The van der Waals surface area contributed by atoms with Crippen molar-refractivity contribution in [3.63, 3.8) is 0 Å². The number of benzene rings is 2. The largest absolute Gasteiger partial charge is 0.480 e. The summed E-state index contributed by atoms with van der Waals surface area (Å²) in [5.41, 5.74) is 1.31. The fraction of sp³-hybridized carbons (Fsp3) is 0.391. The Labute approximate surface area is 170 Å². The summed E-state index contributed by atoms with van der Waals surface area (Å²) in [4.78, 5) is 28.8. The van der Waals surface area contributed by atoms with Crippen LogP contribution in [0.25, 0.3) is 0 Å². The third kappa shape index (κ3) is 4.18. The number of hydrogen-bond acceptors (Lipinski definition) is 4. The maximum atomic E-state index is 13.1. The maximum Gasteiger partial charge on any atom is 0.328 e. The molecule has 2 aliphatic rings. The van der Waals surface area contributed by atoms with Gasteiger partial charge in [-0.15, -0.1) is 0 Å². The zero-order valence-corrected chi connectivity index (χ0v) is 16.4. The average Bonchev–Trinajstić information content (AvgIpc) is 3.11. The molecule has 0 saturated carbocycles. The summed E-state index contributed by atoms with van der Waals surface area (Å²) in [6, 6.07) is 18.8. The van der Waals surface area contributed by atoms with Gasteiger partial charge in [0.2, 0.25) is 5.91 Å². The second-order valence-corrected chi connectivity index (χ2v) is 7.80. The van der Waals surface area contributed by atoms with E-state index in [1.54, 1.807) is 0 Å². The number of nitrogens with zero attached hydrogens (tertiary/aromatic N) is 2. The first-order valence-electron chi connectivity index (χ1n) is 10.1. The molecule has 0 radical (unpaired) electrons. The van der Waals surface area contributed by atoms with Crippen LogP contribution in [0.2, 0.25) is 0 Å². The first-order valence-corrected chi connectivity index (χ1v) is 10.1. The van der Waals surface area contributed by atoms with Crippen LogP contribution in [0.1, 0.15) is 24.0 Å². The lowest BCUT2D eigenvalue weighted by molar-refractivity contribution is -0.165. The van der Waals surface area contributed by atoms with Crippen LogP contribution in [-0.2, 0) is 27.3 Å². The van der Waals surface area contributed by atoms with Crippen LogP contribution >= 0.6 is 0 Å². The Morgan fingerprint density at radius 1 is 0.966 bits per heavy atom. The van der Waals surface area contributed by atoms with E-state index < -0.39 is 17.7 Å². The molecular formula is C23H26N2O4.